The third kappa shape index (κ3) is 1.80. The van der Waals surface area contributed by atoms with Gasteiger partial charge in [0, 0.05) is 18.5 Å². The standard InChI is InChI=1S/C8H11BrN2S/c9-7-6-12-8(10-7)11-4-2-1-3-5-11/h6H,1-5H2. The highest BCUT2D eigenvalue weighted by molar-refractivity contribution is 9.10. The molecular weight excluding hydrogens is 236 g/mol. The van der Waals surface area contributed by atoms with E-state index in [2.05, 4.69) is 25.8 Å². The lowest BCUT2D eigenvalue weighted by molar-refractivity contribution is 0.577. The molecule has 0 saturated carbocycles. The summed E-state index contributed by atoms with van der Waals surface area (Å²) >= 11 is 5.10. The van der Waals surface area contributed by atoms with Gasteiger partial charge in [-0.2, -0.15) is 0 Å². The van der Waals surface area contributed by atoms with Gasteiger partial charge in [0.15, 0.2) is 5.13 Å². The molecule has 0 amide bonds. The molecule has 1 aromatic heterocycles. The molecule has 1 aliphatic heterocycles. The van der Waals surface area contributed by atoms with E-state index < -0.39 is 0 Å². The molecule has 0 aromatic carbocycles. The number of piperidine rings is 1. The predicted octanol–water partition coefficient (Wildman–Crippen LogP) is 2.90. The Morgan fingerprint density at radius 3 is 2.67 bits per heavy atom. The molecule has 1 aromatic rings. The number of aromatic nitrogens is 1. The summed E-state index contributed by atoms with van der Waals surface area (Å²) in [4.78, 5) is 6.77. The highest BCUT2D eigenvalue weighted by Crippen LogP contribution is 2.25. The van der Waals surface area contributed by atoms with Crippen LogP contribution in [-0.2, 0) is 0 Å². The van der Waals surface area contributed by atoms with Crippen molar-refractivity contribution in [2.45, 2.75) is 19.3 Å². The van der Waals surface area contributed by atoms with Gasteiger partial charge in [-0.25, -0.2) is 4.98 Å². The fourth-order valence-electron chi connectivity index (χ4n) is 1.48. The van der Waals surface area contributed by atoms with E-state index in [9.17, 15) is 0 Å². The Morgan fingerprint density at radius 1 is 1.33 bits per heavy atom. The van der Waals surface area contributed by atoms with Gasteiger partial charge < -0.3 is 4.90 Å². The zero-order chi connectivity index (χ0) is 8.39. The number of hydrogen-bond donors (Lipinski definition) is 0. The van der Waals surface area contributed by atoms with Crippen LogP contribution in [0.1, 0.15) is 19.3 Å². The van der Waals surface area contributed by atoms with Gasteiger partial charge in [0.1, 0.15) is 4.60 Å². The first kappa shape index (κ1) is 8.51. The zero-order valence-electron chi connectivity index (χ0n) is 6.79. The lowest BCUT2D eigenvalue weighted by atomic mass is 10.1. The summed E-state index contributed by atoms with van der Waals surface area (Å²) in [7, 11) is 0. The van der Waals surface area contributed by atoms with Crippen LogP contribution in [-0.4, -0.2) is 18.1 Å². The van der Waals surface area contributed by atoms with Crippen molar-refractivity contribution in [1.29, 1.82) is 0 Å². The molecule has 4 heteroatoms. The van der Waals surface area contributed by atoms with Crippen LogP contribution >= 0.6 is 27.3 Å². The highest BCUT2D eigenvalue weighted by atomic mass is 79.9. The molecule has 0 N–H and O–H groups in total. The Balaban J connectivity index is 2.08. The van der Waals surface area contributed by atoms with Crippen LogP contribution in [0.15, 0.2) is 9.98 Å². The van der Waals surface area contributed by atoms with E-state index in [1.165, 1.54) is 37.5 Å². The van der Waals surface area contributed by atoms with Gasteiger partial charge >= 0.3 is 0 Å². The predicted molar refractivity (Wildman–Crippen MR) is 55.9 cm³/mol. The van der Waals surface area contributed by atoms with Crippen molar-refractivity contribution in [2.24, 2.45) is 0 Å². The fourth-order valence-corrected chi connectivity index (χ4v) is 2.78. The van der Waals surface area contributed by atoms with Crippen molar-refractivity contribution in [3.8, 4) is 0 Å². The molecule has 2 rings (SSSR count). The molecule has 2 nitrogen and oxygen atoms in total. The van der Waals surface area contributed by atoms with Crippen molar-refractivity contribution < 1.29 is 0 Å². The number of anilines is 1. The van der Waals surface area contributed by atoms with Crippen LogP contribution in [0.5, 0.6) is 0 Å². The number of rotatable bonds is 1. The third-order valence-corrected chi connectivity index (χ3v) is 3.70. The summed E-state index contributed by atoms with van der Waals surface area (Å²) in [5, 5.41) is 3.21. The summed E-state index contributed by atoms with van der Waals surface area (Å²) < 4.78 is 0.966. The summed E-state index contributed by atoms with van der Waals surface area (Å²) in [5.74, 6) is 0. The molecule has 0 bridgehead atoms. The van der Waals surface area contributed by atoms with E-state index in [1.54, 1.807) is 11.3 Å². The van der Waals surface area contributed by atoms with Crippen LogP contribution < -0.4 is 4.90 Å². The molecule has 0 unspecified atom stereocenters. The van der Waals surface area contributed by atoms with Crippen LogP contribution in [0.25, 0.3) is 0 Å². The average molecular weight is 247 g/mol. The lowest BCUT2D eigenvalue weighted by Gasteiger charge is -2.25. The minimum Gasteiger partial charge on any atom is -0.348 e. The molecule has 1 saturated heterocycles. The number of halogens is 1. The minimum atomic E-state index is 0.966. The quantitative estimate of drug-likeness (QED) is 0.758. The van der Waals surface area contributed by atoms with Gasteiger partial charge in [-0.3, -0.25) is 0 Å². The van der Waals surface area contributed by atoms with Gasteiger partial charge in [0.05, 0.1) is 0 Å². The van der Waals surface area contributed by atoms with Crippen LogP contribution in [0, 0.1) is 0 Å². The largest absolute Gasteiger partial charge is 0.348 e. The van der Waals surface area contributed by atoms with E-state index in [0.29, 0.717) is 0 Å². The molecule has 0 radical (unpaired) electrons. The lowest BCUT2D eigenvalue weighted by Crippen LogP contribution is -2.29. The smallest absolute Gasteiger partial charge is 0.186 e. The normalized spacial score (nSPS) is 18.2. The Hall–Kier alpha value is -0.0900. The molecule has 0 aliphatic carbocycles. The molecule has 0 atom stereocenters. The monoisotopic (exact) mass is 246 g/mol. The molecule has 2 heterocycles. The Kier molecular flexibility index (Phi) is 2.66. The number of nitrogens with zero attached hydrogens (tertiary/aromatic N) is 2. The Bertz CT molecular complexity index is 255. The highest BCUT2D eigenvalue weighted by Gasteiger charge is 2.13. The van der Waals surface area contributed by atoms with E-state index in [-0.39, 0.29) is 0 Å². The van der Waals surface area contributed by atoms with Gasteiger partial charge in [-0.05, 0) is 35.2 Å². The van der Waals surface area contributed by atoms with E-state index >= 15 is 0 Å². The maximum atomic E-state index is 4.40. The first-order valence-electron chi connectivity index (χ1n) is 4.22. The molecule has 1 aliphatic rings. The van der Waals surface area contributed by atoms with Crippen LogP contribution in [0.4, 0.5) is 5.13 Å². The van der Waals surface area contributed by atoms with Crippen molar-refractivity contribution in [3.05, 3.63) is 9.98 Å². The number of hydrogen-bond acceptors (Lipinski definition) is 3. The fraction of sp³-hybridized carbons (Fsp3) is 0.625. The van der Waals surface area contributed by atoms with Crippen molar-refractivity contribution in [2.75, 3.05) is 18.0 Å². The van der Waals surface area contributed by atoms with Gasteiger partial charge in [-0.1, -0.05) is 0 Å². The summed E-state index contributed by atoms with van der Waals surface area (Å²) in [6.07, 6.45) is 4.01. The first-order chi connectivity index (χ1) is 5.86. The third-order valence-electron chi connectivity index (χ3n) is 2.09. The minimum absolute atomic E-state index is 0.966. The molecule has 66 valence electrons. The summed E-state index contributed by atoms with van der Waals surface area (Å²) in [6.45, 7) is 2.36. The molecule has 0 spiro atoms. The van der Waals surface area contributed by atoms with Gasteiger partial charge in [0.25, 0.3) is 0 Å². The zero-order valence-corrected chi connectivity index (χ0v) is 9.20. The van der Waals surface area contributed by atoms with Crippen LogP contribution in [0.3, 0.4) is 0 Å². The Labute approximate surface area is 84.7 Å². The van der Waals surface area contributed by atoms with E-state index in [4.69, 9.17) is 0 Å². The molecular formula is C8H11BrN2S. The van der Waals surface area contributed by atoms with Crippen molar-refractivity contribution in [1.82, 2.24) is 4.98 Å². The average Bonchev–Trinajstić information content (AvgIpc) is 2.54. The first-order valence-corrected chi connectivity index (χ1v) is 5.89. The second-order valence-corrected chi connectivity index (χ2v) is 4.65. The second kappa shape index (κ2) is 3.75. The molecule has 12 heavy (non-hydrogen) atoms. The topological polar surface area (TPSA) is 16.1 Å². The number of thiazole rings is 1. The second-order valence-electron chi connectivity index (χ2n) is 3.00. The summed E-state index contributed by atoms with van der Waals surface area (Å²) in [6, 6.07) is 0. The summed E-state index contributed by atoms with van der Waals surface area (Å²) in [5.41, 5.74) is 0. The maximum absolute atomic E-state index is 4.40. The maximum Gasteiger partial charge on any atom is 0.186 e. The van der Waals surface area contributed by atoms with Gasteiger partial charge in [-0.15, -0.1) is 11.3 Å². The van der Waals surface area contributed by atoms with Gasteiger partial charge in [0.2, 0.25) is 0 Å². The SMILES string of the molecule is Brc1csc(N2CCCCC2)n1. The van der Waals surface area contributed by atoms with Crippen molar-refractivity contribution in [3.63, 3.8) is 0 Å². The van der Waals surface area contributed by atoms with E-state index in [0.717, 1.165) is 4.60 Å². The van der Waals surface area contributed by atoms with Crippen molar-refractivity contribution >= 4 is 32.4 Å². The van der Waals surface area contributed by atoms with E-state index in [1.807, 2.05) is 5.38 Å². The van der Waals surface area contributed by atoms with Crippen LogP contribution in [0.2, 0.25) is 0 Å². The Morgan fingerprint density at radius 2 is 2.08 bits per heavy atom. The molecule has 1 fully saturated rings.